The zero-order chi connectivity index (χ0) is 34.7. The number of hydrogen-bond donors (Lipinski definition) is 1. The molecular weight excluding hydrogens is 606 g/mol. The number of aromatic amines is 1. The first-order valence-electron chi connectivity index (χ1n) is 19.9. The number of halogens is 1. The van der Waals surface area contributed by atoms with Crippen molar-refractivity contribution in [1.29, 1.82) is 0 Å². The van der Waals surface area contributed by atoms with E-state index in [0.29, 0.717) is 39.9 Å². The maximum absolute atomic E-state index is 15.4. The Morgan fingerprint density at radius 1 is 0.898 bits per heavy atom. The summed E-state index contributed by atoms with van der Waals surface area (Å²) in [4.78, 5) is 26.0. The van der Waals surface area contributed by atoms with E-state index in [4.69, 9.17) is 4.98 Å². The number of nitrogens with zero attached hydrogens (tertiary/aromatic N) is 2. The second-order valence-corrected chi connectivity index (χ2v) is 19.4. The van der Waals surface area contributed by atoms with E-state index >= 15 is 4.79 Å². The van der Waals surface area contributed by atoms with Crippen LogP contribution in [0.1, 0.15) is 137 Å². The lowest BCUT2D eigenvalue weighted by atomic mass is 9.32. The number of carbonyl (C=O) groups is 1. The van der Waals surface area contributed by atoms with Crippen LogP contribution in [0.15, 0.2) is 42.6 Å². The largest absolute Gasteiger partial charge is 0.340 e. The number of H-pyrrole nitrogens is 1. The van der Waals surface area contributed by atoms with Gasteiger partial charge in [-0.15, -0.1) is 0 Å². The van der Waals surface area contributed by atoms with Crippen molar-refractivity contribution in [3.63, 3.8) is 0 Å². The molecule has 4 nitrogen and oxygen atoms in total. The smallest absolute Gasteiger partial charge is 0.229 e. The predicted molar refractivity (Wildman–Crippen MR) is 196 cm³/mol. The summed E-state index contributed by atoms with van der Waals surface area (Å²) in [6.07, 6.45) is 16.1. The van der Waals surface area contributed by atoms with Gasteiger partial charge in [0.2, 0.25) is 5.91 Å². The number of amides is 1. The van der Waals surface area contributed by atoms with Gasteiger partial charge in [-0.1, -0.05) is 53.7 Å². The number of likely N-dealkylation sites (tertiary alicyclic amines) is 1. The van der Waals surface area contributed by atoms with E-state index in [1.54, 1.807) is 12.1 Å². The molecule has 5 heteroatoms. The second kappa shape index (κ2) is 11.3. The lowest BCUT2D eigenvalue weighted by molar-refractivity contribution is -0.242. The molecule has 0 spiro atoms. The highest BCUT2D eigenvalue weighted by molar-refractivity contribution is 5.84. The van der Waals surface area contributed by atoms with E-state index in [0.717, 1.165) is 73.5 Å². The summed E-state index contributed by atoms with van der Waals surface area (Å²) in [6, 6.07) is 6.54. The number of allylic oxidation sites excluding steroid dienone is 1. The topological polar surface area (TPSA) is 49.0 Å². The average molecular weight is 668 g/mol. The molecule has 8 rings (SSSR count). The van der Waals surface area contributed by atoms with Crippen LogP contribution in [-0.2, 0) is 4.79 Å². The van der Waals surface area contributed by atoms with Crippen molar-refractivity contribution < 1.29 is 9.18 Å². The number of fused-ring (bicyclic) bond motifs is 7. The van der Waals surface area contributed by atoms with Crippen molar-refractivity contribution in [3.05, 3.63) is 54.3 Å². The second-order valence-electron chi connectivity index (χ2n) is 19.4. The third kappa shape index (κ3) is 4.57. The first-order chi connectivity index (χ1) is 23.2. The Kier molecular flexibility index (Phi) is 7.76. The first-order valence-corrected chi connectivity index (χ1v) is 19.9. The van der Waals surface area contributed by atoms with E-state index in [1.807, 2.05) is 6.20 Å². The van der Waals surface area contributed by atoms with Crippen LogP contribution < -0.4 is 0 Å². The summed E-state index contributed by atoms with van der Waals surface area (Å²) in [6.45, 7) is 23.5. The minimum Gasteiger partial charge on any atom is -0.340 e. The summed E-state index contributed by atoms with van der Waals surface area (Å²) in [5, 5.41) is 0. The molecule has 1 amide bonds. The molecule has 1 aromatic carbocycles. The maximum atomic E-state index is 15.4. The zero-order valence-electron chi connectivity index (χ0n) is 31.5. The van der Waals surface area contributed by atoms with Gasteiger partial charge < -0.3 is 9.88 Å². The van der Waals surface area contributed by atoms with Crippen molar-refractivity contribution in [1.82, 2.24) is 14.9 Å². The van der Waals surface area contributed by atoms with Gasteiger partial charge in [0, 0.05) is 6.54 Å². The van der Waals surface area contributed by atoms with Crippen LogP contribution in [0.3, 0.4) is 0 Å². The lowest BCUT2D eigenvalue weighted by Crippen LogP contribution is -2.67. The normalized spacial score (nSPS) is 44.1. The molecule has 2 heterocycles. The Bertz CT molecular complexity index is 1630. The fourth-order valence-electron chi connectivity index (χ4n) is 14.6. The van der Waals surface area contributed by atoms with Crippen LogP contribution in [0.4, 0.5) is 4.39 Å². The van der Waals surface area contributed by atoms with Crippen LogP contribution >= 0.6 is 0 Å². The molecule has 266 valence electrons. The summed E-state index contributed by atoms with van der Waals surface area (Å²) >= 11 is 0. The summed E-state index contributed by atoms with van der Waals surface area (Å²) in [5.41, 5.74) is 4.12. The van der Waals surface area contributed by atoms with Gasteiger partial charge in [0.15, 0.2) is 0 Å². The number of imidazole rings is 1. The summed E-state index contributed by atoms with van der Waals surface area (Å²) in [7, 11) is 0. The molecule has 49 heavy (non-hydrogen) atoms. The third-order valence-electron chi connectivity index (χ3n) is 17.6. The minimum atomic E-state index is -0.310. The molecule has 0 radical (unpaired) electrons. The van der Waals surface area contributed by atoms with E-state index in [-0.39, 0.29) is 22.7 Å². The standard InChI is InChI=1S/C44H62FN3O/c1-27(2)31-18-22-44(39(49)48-25-9-10-34(48)38-46-26-33(47-38)29-11-13-30(45)14-12-29)24-23-42(7)32(37(31)44)15-16-36-41(6)20-17-28(3)40(4,5)35(41)19-21-43(36,42)8/h11-14,26,28,31-32,34-37H,1,9-10,15-25H2,2-8H3,(H,46,47)/t28-,31-,32+,34-,35-,36+,37+,41-,42+,43+,44-/m0/s1. The van der Waals surface area contributed by atoms with Crippen molar-refractivity contribution >= 4 is 5.91 Å². The van der Waals surface area contributed by atoms with E-state index in [9.17, 15) is 4.39 Å². The van der Waals surface area contributed by atoms with Crippen LogP contribution in [0.25, 0.3) is 11.3 Å². The molecule has 0 bridgehead atoms. The summed E-state index contributed by atoms with van der Waals surface area (Å²) in [5.74, 6) is 4.74. The number of benzene rings is 1. The van der Waals surface area contributed by atoms with Crippen LogP contribution in [0.5, 0.6) is 0 Å². The van der Waals surface area contributed by atoms with Crippen LogP contribution in [-0.4, -0.2) is 27.3 Å². The Labute approximate surface area is 295 Å². The van der Waals surface area contributed by atoms with Crippen molar-refractivity contribution in [2.75, 3.05) is 6.54 Å². The molecule has 5 saturated carbocycles. The van der Waals surface area contributed by atoms with Crippen LogP contribution in [0, 0.1) is 68.4 Å². The molecule has 11 atom stereocenters. The highest BCUT2D eigenvalue weighted by atomic mass is 19.1. The van der Waals surface area contributed by atoms with Gasteiger partial charge >= 0.3 is 0 Å². The minimum absolute atomic E-state index is 0.0329. The summed E-state index contributed by atoms with van der Waals surface area (Å²) < 4.78 is 13.6. The van der Waals surface area contributed by atoms with Crippen molar-refractivity contribution in [2.24, 2.45) is 62.6 Å². The van der Waals surface area contributed by atoms with Crippen LogP contribution in [0.2, 0.25) is 0 Å². The third-order valence-corrected chi connectivity index (χ3v) is 17.6. The van der Waals surface area contributed by atoms with Crippen molar-refractivity contribution in [2.45, 2.75) is 132 Å². The number of hydrogen-bond acceptors (Lipinski definition) is 2. The van der Waals surface area contributed by atoms with Gasteiger partial charge in [0.25, 0.3) is 0 Å². The van der Waals surface area contributed by atoms with Gasteiger partial charge in [-0.25, -0.2) is 9.37 Å². The predicted octanol–water partition coefficient (Wildman–Crippen LogP) is 11.2. The fourth-order valence-corrected chi connectivity index (χ4v) is 14.6. The van der Waals surface area contributed by atoms with Gasteiger partial charge in [0.05, 0.1) is 23.3 Å². The maximum Gasteiger partial charge on any atom is 0.229 e. The molecular formula is C44H62FN3O. The zero-order valence-corrected chi connectivity index (χ0v) is 31.5. The van der Waals surface area contributed by atoms with Gasteiger partial charge in [-0.3, -0.25) is 4.79 Å². The molecule has 1 aromatic heterocycles. The number of aromatic nitrogens is 2. The molecule has 1 saturated heterocycles. The molecule has 5 aliphatic carbocycles. The van der Waals surface area contributed by atoms with Gasteiger partial charge in [0.1, 0.15) is 11.6 Å². The molecule has 6 aliphatic rings. The van der Waals surface area contributed by atoms with E-state index in [1.165, 1.54) is 62.7 Å². The van der Waals surface area contributed by atoms with Gasteiger partial charge in [-0.2, -0.15) is 0 Å². The monoisotopic (exact) mass is 667 g/mol. The molecule has 2 aromatic rings. The Morgan fingerprint density at radius 3 is 2.39 bits per heavy atom. The van der Waals surface area contributed by atoms with Gasteiger partial charge in [-0.05, 0) is 171 Å². The lowest BCUT2D eigenvalue weighted by Gasteiger charge is -2.73. The fraction of sp³-hybridized carbons (Fsp3) is 0.727. The number of carbonyl (C=O) groups excluding carboxylic acids is 1. The van der Waals surface area contributed by atoms with E-state index < -0.39 is 0 Å². The SMILES string of the molecule is C=C(C)[C@@H]1CC[C@]2(C(=O)N3CCC[C@H]3c3ncc(-c4ccc(F)cc4)[nH]3)CC[C@]3(C)[C@H](CC[C@@H]4[C@@]5(C)CC[C@H](C)C(C)(C)[C@@H]5CC[C@]43C)[C@@H]12. The van der Waals surface area contributed by atoms with Crippen molar-refractivity contribution in [3.8, 4) is 11.3 Å². The molecule has 0 unspecified atom stereocenters. The Morgan fingerprint density at radius 2 is 1.65 bits per heavy atom. The molecule has 6 fully saturated rings. The number of nitrogens with one attached hydrogen (secondary N) is 1. The Balaban J connectivity index is 1.12. The van der Waals surface area contributed by atoms with E-state index in [2.05, 4.69) is 64.9 Å². The molecule has 1 N–H and O–H groups in total. The Hall–Kier alpha value is -2.43. The molecule has 1 aliphatic heterocycles. The number of rotatable bonds is 4. The average Bonchev–Trinajstić information content (AvgIpc) is 3.82. The quantitative estimate of drug-likeness (QED) is 0.330. The first kappa shape index (κ1) is 33.7. The highest BCUT2D eigenvalue weighted by Gasteiger charge is 2.72. The highest BCUT2D eigenvalue weighted by Crippen LogP contribution is 2.78.